The first-order valence-corrected chi connectivity index (χ1v) is 7.30. The molecule has 5 heteroatoms. The molecule has 0 aromatic heterocycles. The molecule has 0 aliphatic carbocycles. The first-order valence-electron chi connectivity index (χ1n) is 7.30. The van der Waals surface area contributed by atoms with Gasteiger partial charge in [0.25, 0.3) is 0 Å². The average Bonchev–Trinajstić information content (AvgIpc) is 2.49. The average molecular weight is 290 g/mol. The van der Waals surface area contributed by atoms with Gasteiger partial charge >= 0.3 is 0 Å². The summed E-state index contributed by atoms with van der Waals surface area (Å²) in [4.78, 5) is 2.15. The Morgan fingerprint density at radius 1 is 1.52 bits per heavy atom. The second-order valence-corrected chi connectivity index (χ2v) is 5.70. The van der Waals surface area contributed by atoms with E-state index in [1.165, 1.54) is 0 Å². The Morgan fingerprint density at radius 3 is 3.05 bits per heavy atom. The Labute approximate surface area is 125 Å². The van der Waals surface area contributed by atoms with Gasteiger partial charge in [-0.25, -0.2) is 0 Å². The smallest absolute Gasteiger partial charge is 0.120 e. The van der Waals surface area contributed by atoms with Crippen LogP contribution in [0.2, 0.25) is 0 Å². The predicted molar refractivity (Wildman–Crippen MR) is 78.9 cm³/mol. The Kier molecular flexibility index (Phi) is 5.57. The molecule has 0 bridgehead atoms. The lowest BCUT2D eigenvalue weighted by Gasteiger charge is -2.35. The van der Waals surface area contributed by atoms with E-state index in [1.807, 2.05) is 6.92 Å². The van der Waals surface area contributed by atoms with E-state index in [1.54, 1.807) is 24.3 Å². The summed E-state index contributed by atoms with van der Waals surface area (Å²) in [5.74, 6) is 0.828. The molecule has 0 radical (unpaired) electrons. The van der Waals surface area contributed by atoms with Crippen molar-refractivity contribution in [2.24, 2.45) is 5.92 Å². The second-order valence-electron chi connectivity index (χ2n) is 5.70. The lowest BCUT2D eigenvalue weighted by Crippen LogP contribution is -2.45. The first kappa shape index (κ1) is 15.8. The van der Waals surface area contributed by atoms with Crippen LogP contribution in [0.4, 0.5) is 0 Å². The largest absolute Gasteiger partial charge is 0.491 e. The summed E-state index contributed by atoms with van der Waals surface area (Å²) in [6.07, 6.45) is -0.0690. The fourth-order valence-electron chi connectivity index (χ4n) is 2.58. The minimum absolute atomic E-state index is 0.197. The van der Waals surface area contributed by atoms with E-state index in [-0.39, 0.29) is 18.6 Å². The minimum Gasteiger partial charge on any atom is -0.491 e. The summed E-state index contributed by atoms with van der Waals surface area (Å²) in [5.41, 5.74) is 0.542. The van der Waals surface area contributed by atoms with Gasteiger partial charge in [0.05, 0.1) is 17.7 Å². The van der Waals surface area contributed by atoms with Crippen molar-refractivity contribution in [2.75, 3.05) is 26.2 Å². The Hall–Kier alpha value is -1.61. The van der Waals surface area contributed by atoms with Crippen LogP contribution in [0, 0.1) is 17.2 Å². The molecule has 1 heterocycles. The number of piperidine rings is 1. The number of aliphatic hydroxyl groups is 2. The zero-order chi connectivity index (χ0) is 15.2. The van der Waals surface area contributed by atoms with Crippen molar-refractivity contribution in [1.29, 1.82) is 5.26 Å². The molecular weight excluding hydrogens is 268 g/mol. The van der Waals surface area contributed by atoms with Crippen molar-refractivity contribution < 1.29 is 14.9 Å². The molecule has 1 aromatic carbocycles. The van der Waals surface area contributed by atoms with Crippen molar-refractivity contribution in [2.45, 2.75) is 25.6 Å². The highest BCUT2D eigenvalue weighted by Gasteiger charge is 2.25. The normalized spacial score (nSPS) is 24.3. The number of ether oxygens (including phenoxy) is 1. The van der Waals surface area contributed by atoms with Crippen LogP contribution in [0.1, 0.15) is 18.9 Å². The maximum absolute atomic E-state index is 10.0. The molecule has 1 aliphatic heterocycles. The predicted octanol–water partition coefficient (Wildman–Crippen LogP) is 1.00. The van der Waals surface area contributed by atoms with Gasteiger partial charge in [0, 0.05) is 19.6 Å². The molecule has 114 valence electrons. The zero-order valence-corrected chi connectivity index (χ0v) is 12.3. The third-order valence-electron chi connectivity index (χ3n) is 3.82. The topological polar surface area (TPSA) is 76.7 Å². The Balaban J connectivity index is 1.77. The number of likely N-dealkylation sites (tertiary alicyclic amines) is 1. The Morgan fingerprint density at radius 2 is 2.33 bits per heavy atom. The molecule has 1 fully saturated rings. The third-order valence-corrected chi connectivity index (χ3v) is 3.82. The van der Waals surface area contributed by atoms with Crippen LogP contribution >= 0.6 is 0 Å². The van der Waals surface area contributed by atoms with Crippen molar-refractivity contribution >= 4 is 0 Å². The van der Waals surface area contributed by atoms with E-state index in [4.69, 9.17) is 10.00 Å². The highest BCUT2D eigenvalue weighted by Crippen LogP contribution is 2.17. The minimum atomic E-state index is -0.585. The van der Waals surface area contributed by atoms with Crippen LogP contribution in [0.15, 0.2) is 24.3 Å². The van der Waals surface area contributed by atoms with E-state index in [0.717, 1.165) is 19.5 Å². The van der Waals surface area contributed by atoms with Crippen molar-refractivity contribution in [3.05, 3.63) is 29.8 Å². The zero-order valence-electron chi connectivity index (χ0n) is 12.3. The van der Waals surface area contributed by atoms with E-state index in [9.17, 15) is 10.2 Å². The van der Waals surface area contributed by atoms with Crippen LogP contribution in [0.5, 0.6) is 5.75 Å². The first-order chi connectivity index (χ1) is 10.1. The van der Waals surface area contributed by atoms with Gasteiger partial charge in [-0.05, 0) is 30.5 Å². The van der Waals surface area contributed by atoms with Crippen molar-refractivity contribution in [1.82, 2.24) is 4.90 Å². The number of hydrogen-bond donors (Lipinski definition) is 2. The van der Waals surface area contributed by atoms with Gasteiger partial charge in [-0.3, -0.25) is 0 Å². The number of nitriles is 1. The summed E-state index contributed by atoms with van der Waals surface area (Å²) in [6, 6.07) is 8.95. The highest BCUT2D eigenvalue weighted by atomic mass is 16.5. The van der Waals surface area contributed by atoms with Crippen molar-refractivity contribution in [3.8, 4) is 11.8 Å². The number of nitrogens with zero attached hydrogens (tertiary/aromatic N) is 2. The lowest BCUT2D eigenvalue weighted by atomic mass is 9.96. The van der Waals surface area contributed by atoms with Gasteiger partial charge in [-0.15, -0.1) is 0 Å². The molecule has 2 rings (SSSR count). The summed E-state index contributed by atoms with van der Waals surface area (Å²) >= 11 is 0. The number of benzene rings is 1. The standard InChI is InChI=1S/C16H22N2O3/c1-12-9-18(6-5-16(12)20)10-14(19)11-21-15-4-2-3-13(7-15)8-17/h2-4,7,12,14,16,19-20H,5-6,9-11H2,1H3. The van der Waals surface area contributed by atoms with Crippen molar-refractivity contribution in [3.63, 3.8) is 0 Å². The van der Waals surface area contributed by atoms with Crippen LogP contribution in [-0.4, -0.2) is 53.6 Å². The SMILES string of the molecule is CC1CN(CC(O)COc2cccc(C#N)c2)CCC1O. The van der Waals surface area contributed by atoms with Crippen LogP contribution in [0.25, 0.3) is 0 Å². The summed E-state index contributed by atoms with van der Waals surface area (Å²) in [7, 11) is 0. The van der Waals surface area contributed by atoms with E-state index >= 15 is 0 Å². The summed E-state index contributed by atoms with van der Waals surface area (Å²) in [5, 5.41) is 28.6. The molecule has 1 saturated heterocycles. The van der Waals surface area contributed by atoms with Crippen LogP contribution in [0.3, 0.4) is 0 Å². The fraction of sp³-hybridized carbons (Fsp3) is 0.562. The van der Waals surface area contributed by atoms with Crippen LogP contribution < -0.4 is 4.74 Å². The number of hydrogen-bond acceptors (Lipinski definition) is 5. The fourth-order valence-corrected chi connectivity index (χ4v) is 2.58. The van der Waals surface area contributed by atoms with Gasteiger partial charge in [-0.1, -0.05) is 13.0 Å². The molecule has 21 heavy (non-hydrogen) atoms. The van der Waals surface area contributed by atoms with E-state index < -0.39 is 6.10 Å². The molecule has 1 aromatic rings. The quantitative estimate of drug-likeness (QED) is 0.846. The molecule has 5 nitrogen and oxygen atoms in total. The maximum Gasteiger partial charge on any atom is 0.120 e. The number of β-amino-alcohol motifs (C(OH)–C–C–N with tert-alkyl or cyclic N) is 1. The van der Waals surface area contributed by atoms with E-state index in [2.05, 4.69) is 11.0 Å². The summed E-state index contributed by atoms with van der Waals surface area (Å²) < 4.78 is 5.52. The highest BCUT2D eigenvalue weighted by molar-refractivity contribution is 5.36. The molecule has 0 amide bonds. The maximum atomic E-state index is 10.0. The lowest BCUT2D eigenvalue weighted by molar-refractivity contribution is 0.00583. The molecule has 1 aliphatic rings. The van der Waals surface area contributed by atoms with Gasteiger partial charge in [-0.2, -0.15) is 5.26 Å². The molecule has 3 unspecified atom stereocenters. The summed E-state index contributed by atoms with van der Waals surface area (Å²) in [6.45, 7) is 4.35. The van der Waals surface area contributed by atoms with Crippen LogP contribution in [-0.2, 0) is 0 Å². The molecule has 3 atom stereocenters. The third kappa shape index (κ3) is 4.71. The van der Waals surface area contributed by atoms with E-state index in [0.29, 0.717) is 17.9 Å². The monoisotopic (exact) mass is 290 g/mol. The molecular formula is C16H22N2O3. The molecule has 0 saturated carbocycles. The van der Waals surface area contributed by atoms with Gasteiger partial charge in [0.1, 0.15) is 18.5 Å². The Bertz CT molecular complexity index is 501. The van der Waals surface area contributed by atoms with Gasteiger partial charge in [0.15, 0.2) is 0 Å². The van der Waals surface area contributed by atoms with Gasteiger partial charge in [0.2, 0.25) is 0 Å². The molecule has 2 N–H and O–H groups in total. The van der Waals surface area contributed by atoms with Gasteiger partial charge < -0.3 is 19.8 Å². The number of rotatable bonds is 5. The molecule has 0 spiro atoms. The second kappa shape index (κ2) is 7.41. The number of aliphatic hydroxyl groups excluding tert-OH is 2.